The third kappa shape index (κ3) is 28.5. The highest BCUT2D eigenvalue weighted by atomic mass is 31.2. The van der Waals surface area contributed by atoms with Crippen LogP contribution >= 0.6 is 7.82 Å². The fourth-order valence-electron chi connectivity index (χ4n) is 8.51. The zero-order valence-electron chi connectivity index (χ0n) is 43.7. The first-order valence-corrected chi connectivity index (χ1v) is 28.6. The molecule has 2 aliphatic rings. The van der Waals surface area contributed by atoms with Crippen LogP contribution in [0.5, 0.6) is 0 Å². The molecule has 0 aromatic rings. The quantitative estimate of drug-likeness (QED) is 0.0146. The van der Waals surface area contributed by atoms with E-state index in [1.54, 1.807) is 6.08 Å². The van der Waals surface area contributed by atoms with Gasteiger partial charge in [-0.3, -0.25) is 13.8 Å². The Morgan fingerprint density at radius 2 is 1.03 bits per heavy atom. The molecule has 13 atom stereocenters. The number of hydrogen-bond donors (Lipinski definition) is 9. The van der Waals surface area contributed by atoms with Gasteiger partial charge in [0, 0.05) is 6.42 Å². The summed E-state index contributed by atoms with van der Waals surface area (Å²) in [6.07, 6.45) is 15.3. The van der Waals surface area contributed by atoms with E-state index in [0.717, 1.165) is 44.9 Å². The number of nitrogens with zero attached hydrogens (tertiary/aromatic N) is 1. The first-order chi connectivity index (χ1) is 33.4. The van der Waals surface area contributed by atoms with E-state index in [-0.39, 0.29) is 25.5 Å². The van der Waals surface area contributed by atoms with Crippen LogP contribution in [-0.4, -0.2) is 179 Å². The lowest BCUT2D eigenvalue weighted by Crippen LogP contribution is -2.62. The Bertz CT molecular complexity index is 1400. The minimum atomic E-state index is -4.60. The summed E-state index contributed by atoms with van der Waals surface area (Å²) in [5.41, 5.74) is 0. The highest BCUT2D eigenvalue weighted by Crippen LogP contribution is 2.44. The number of likely N-dealkylation sites (N-methyl/N-ethyl adjacent to an activating group) is 1. The molecule has 9 N–H and O–H groups in total. The molecule has 2 rings (SSSR count). The third-order valence-electron chi connectivity index (χ3n) is 13.2. The van der Waals surface area contributed by atoms with Crippen LogP contribution in [0.2, 0.25) is 0 Å². The van der Waals surface area contributed by atoms with E-state index in [0.29, 0.717) is 17.4 Å². The topological polar surface area (TPSA) is 263 Å². The molecule has 414 valence electrons. The van der Waals surface area contributed by atoms with Crippen LogP contribution in [0, 0.1) is 0 Å². The molecule has 2 saturated heterocycles. The summed E-state index contributed by atoms with van der Waals surface area (Å²) in [5, 5.41) is 78.6. The smallest absolute Gasteiger partial charge is 0.387 e. The van der Waals surface area contributed by atoms with Crippen LogP contribution in [-0.2, 0) is 37.4 Å². The molecular formula is C51H100N2O16P+. The molecule has 0 saturated carbocycles. The Morgan fingerprint density at radius 1 is 0.600 bits per heavy atom. The molecule has 2 heterocycles. The van der Waals surface area contributed by atoms with E-state index in [2.05, 4.69) is 19.2 Å². The van der Waals surface area contributed by atoms with Crippen LogP contribution in [0.4, 0.5) is 0 Å². The number of nitrogens with one attached hydrogen (secondary N) is 1. The molecule has 0 aromatic heterocycles. The lowest BCUT2D eigenvalue weighted by atomic mass is 9.98. The predicted octanol–water partition coefficient (Wildman–Crippen LogP) is 6.06. The number of amides is 1. The first kappa shape index (κ1) is 65.0. The Balaban J connectivity index is 1.97. The molecule has 70 heavy (non-hydrogen) atoms. The van der Waals surface area contributed by atoms with Gasteiger partial charge in [0.25, 0.3) is 0 Å². The van der Waals surface area contributed by atoms with Crippen molar-refractivity contribution >= 4 is 13.7 Å². The lowest BCUT2D eigenvalue weighted by molar-refractivity contribution is -0.870. The molecule has 2 fully saturated rings. The minimum absolute atomic E-state index is 0.112. The number of carbonyl (C=O) groups is 1. The van der Waals surface area contributed by atoms with E-state index in [1.165, 1.54) is 109 Å². The maximum Gasteiger partial charge on any atom is 0.472 e. The number of unbranched alkanes of at least 4 members (excludes halogenated alkanes) is 23. The van der Waals surface area contributed by atoms with E-state index in [9.17, 15) is 50.0 Å². The third-order valence-corrected chi connectivity index (χ3v) is 14.2. The van der Waals surface area contributed by atoms with Crippen molar-refractivity contribution in [2.24, 2.45) is 0 Å². The summed E-state index contributed by atoms with van der Waals surface area (Å²) in [6, 6.07) is -0.951. The van der Waals surface area contributed by atoms with Gasteiger partial charge in [0.15, 0.2) is 12.6 Å². The molecule has 0 spiro atoms. The number of aliphatic hydroxyl groups excluding tert-OH is 7. The predicted molar refractivity (Wildman–Crippen MR) is 268 cm³/mol. The molecule has 0 bridgehead atoms. The lowest BCUT2D eigenvalue weighted by Gasteiger charge is -2.43. The fourth-order valence-corrected chi connectivity index (χ4v) is 9.23. The summed E-state index contributed by atoms with van der Waals surface area (Å²) >= 11 is 0. The van der Waals surface area contributed by atoms with Gasteiger partial charge in [-0.15, -0.1) is 0 Å². The standard InChI is InChI=1S/C51H99N2O16P/c1-6-8-10-12-14-16-18-20-22-24-26-28-30-32-40(54)39(52-43(55)33-31-29-27-25-23-21-19-17-15-13-11-9-7-2)36-64-50-48(60)46(58)44(56)41(68-50)37-65-51-49(61)47(59)45(57)42(69-51)38-67-70(62,63)66-35-34-53(3,4)5/h30,32,39-42,44-51,54,56-61H,6-29,31,33-38H2,1-5H3,(H-,52,55,62,63)/p+1/b32-30+/t39-,40+,41+,42+,44-,45-,46-,47-,48+,49+,50+,51+/m0/s1. The molecule has 0 aliphatic carbocycles. The highest BCUT2D eigenvalue weighted by molar-refractivity contribution is 7.47. The van der Waals surface area contributed by atoms with Crippen molar-refractivity contribution in [1.29, 1.82) is 0 Å². The normalized spacial score (nSPS) is 27.2. The van der Waals surface area contributed by atoms with Crippen LogP contribution in [0.1, 0.15) is 181 Å². The van der Waals surface area contributed by atoms with Crippen molar-refractivity contribution in [3.63, 3.8) is 0 Å². The van der Waals surface area contributed by atoms with Gasteiger partial charge in [0.1, 0.15) is 62.0 Å². The highest BCUT2D eigenvalue weighted by Gasteiger charge is 2.48. The fraction of sp³-hybridized carbons (Fsp3) is 0.941. The van der Waals surface area contributed by atoms with E-state index in [4.69, 9.17) is 28.0 Å². The largest absolute Gasteiger partial charge is 0.472 e. The summed E-state index contributed by atoms with van der Waals surface area (Å²) in [4.78, 5) is 23.4. The number of phosphoric ester groups is 1. The minimum Gasteiger partial charge on any atom is -0.387 e. The van der Waals surface area contributed by atoms with Gasteiger partial charge >= 0.3 is 7.82 Å². The number of phosphoric acid groups is 1. The molecule has 19 heteroatoms. The van der Waals surface area contributed by atoms with Crippen LogP contribution in [0.25, 0.3) is 0 Å². The van der Waals surface area contributed by atoms with Crippen LogP contribution in [0.3, 0.4) is 0 Å². The SMILES string of the molecule is CCCCCCCCCCCCC/C=C/[C@@H](O)[C@H](CO[C@@H]1O[C@H](CO[C@@H]2O[C@H](COP(=O)(O)OCC[N+](C)(C)C)[C@H](O)[C@H](O)[C@H]2O)[C@H](O)[C@H](O)[C@H]1O)NC(=O)CCCCCCCCCCCCCCC. The molecule has 18 nitrogen and oxygen atoms in total. The number of quaternary nitrogens is 1. The zero-order chi connectivity index (χ0) is 51.8. The van der Waals surface area contributed by atoms with Gasteiger partial charge in [-0.1, -0.05) is 167 Å². The summed E-state index contributed by atoms with van der Waals surface area (Å²) in [7, 11) is 0.992. The number of carbonyl (C=O) groups excluding carboxylic acids is 1. The van der Waals surface area contributed by atoms with Gasteiger partial charge < -0.3 is 69.4 Å². The number of ether oxygens (including phenoxy) is 4. The average Bonchev–Trinajstić information content (AvgIpc) is 3.31. The Morgan fingerprint density at radius 3 is 1.50 bits per heavy atom. The molecule has 1 unspecified atom stereocenters. The zero-order valence-corrected chi connectivity index (χ0v) is 44.6. The maximum absolute atomic E-state index is 13.2. The van der Waals surface area contributed by atoms with Crippen LogP contribution < -0.4 is 5.32 Å². The second-order valence-corrected chi connectivity index (χ2v) is 22.2. The van der Waals surface area contributed by atoms with Gasteiger partial charge in [-0.2, -0.15) is 0 Å². The Hall–Kier alpha value is -1.16. The van der Waals surface area contributed by atoms with Gasteiger partial charge in [0.2, 0.25) is 5.91 Å². The monoisotopic (exact) mass is 1030 g/mol. The van der Waals surface area contributed by atoms with Crippen molar-refractivity contribution in [3.8, 4) is 0 Å². The molecule has 2 aliphatic heterocycles. The number of rotatable bonds is 42. The van der Waals surface area contributed by atoms with Gasteiger partial charge in [-0.25, -0.2) is 4.57 Å². The molecule has 0 aromatic carbocycles. The van der Waals surface area contributed by atoms with Crippen molar-refractivity contribution < 1.29 is 82.5 Å². The van der Waals surface area contributed by atoms with Crippen molar-refractivity contribution in [2.75, 3.05) is 54.1 Å². The van der Waals surface area contributed by atoms with E-state index < -0.39 is 94.6 Å². The number of allylic oxidation sites excluding steroid dienone is 1. The molecule has 0 radical (unpaired) electrons. The molecular weight excluding hydrogens is 928 g/mol. The van der Waals surface area contributed by atoms with Crippen LogP contribution in [0.15, 0.2) is 12.2 Å². The van der Waals surface area contributed by atoms with E-state index in [1.807, 2.05) is 27.2 Å². The maximum atomic E-state index is 13.2. The molecule has 1 amide bonds. The van der Waals surface area contributed by atoms with Crippen molar-refractivity contribution in [3.05, 3.63) is 12.2 Å². The van der Waals surface area contributed by atoms with Crippen molar-refractivity contribution in [2.45, 2.75) is 254 Å². The Labute approximate surface area is 421 Å². The van der Waals surface area contributed by atoms with Gasteiger partial charge in [-0.05, 0) is 19.3 Å². The van der Waals surface area contributed by atoms with E-state index >= 15 is 0 Å². The van der Waals surface area contributed by atoms with Crippen molar-refractivity contribution in [1.82, 2.24) is 5.32 Å². The second-order valence-electron chi connectivity index (χ2n) is 20.7. The Kier molecular flexibility index (Phi) is 34.8. The summed E-state index contributed by atoms with van der Waals surface area (Å²) in [5.74, 6) is -0.266. The average molecular weight is 1030 g/mol. The van der Waals surface area contributed by atoms with Gasteiger partial charge in [0.05, 0.1) is 53.1 Å². The first-order valence-electron chi connectivity index (χ1n) is 27.1. The number of aliphatic hydroxyl groups is 7. The summed E-state index contributed by atoms with van der Waals surface area (Å²) < 4.78 is 45.9. The summed E-state index contributed by atoms with van der Waals surface area (Å²) in [6.45, 7) is 3.07. The number of hydrogen-bond acceptors (Lipinski definition) is 15. The second kappa shape index (κ2) is 37.6.